The summed E-state index contributed by atoms with van der Waals surface area (Å²) < 4.78 is 0. The van der Waals surface area contributed by atoms with Crippen molar-refractivity contribution in [1.82, 2.24) is 0 Å². The van der Waals surface area contributed by atoms with E-state index in [9.17, 15) is 4.79 Å². The monoisotopic (exact) mass is 286 g/mol. The molecule has 0 aliphatic heterocycles. The smallest absolute Gasteiger partial charge is 0.255 e. The van der Waals surface area contributed by atoms with Gasteiger partial charge in [0.05, 0.1) is 6.61 Å². The van der Waals surface area contributed by atoms with E-state index in [1.807, 2.05) is 0 Å². The third kappa shape index (κ3) is 3.40. The molecular formula is C15H14N2O2S. The summed E-state index contributed by atoms with van der Waals surface area (Å²) in [7, 11) is 0. The topological polar surface area (TPSA) is 75.4 Å². The van der Waals surface area contributed by atoms with Gasteiger partial charge in [-0.15, -0.1) is 0 Å². The molecule has 2 aromatic rings. The van der Waals surface area contributed by atoms with Crippen LogP contribution >= 0.6 is 12.2 Å². The Labute approximate surface area is 122 Å². The van der Waals surface area contributed by atoms with Crippen molar-refractivity contribution in [2.45, 2.75) is 6.61 Å². The van der Waals surface area contributed by atoms with Crippen LogP contribution in [0.3, 0.4) is 0 Å². The first-order valence-electron chi connectivity index (χ1n) is 6.01. The van der Waals surface area contributed by atoms with Crippen LogP contribution in [0.2, 0.25) is 0 Å². The van der Waals surface area contributed by atoms with Crippen molar-refractivity contribution in [3.63, 3.8) is 0 Å². The van der Waals surface area contributed by atoms with Gasteiger partial charge in [0.2, 0.25) is 0 Å². The molecule has 0 fully saturated rings. The molecule has 4 N–H and O–H groups in total. The van der Waals surface area contributed by atoms with E-state index in [1.54, 1.807) is 48.5 Å². The minimum atomic E-state index is -0.212. The lowest BCUT2D eigenvalue weighted by Gasteiger charge is -2.06. The Hall–Kier alpha value is -2.24. The summed E-state index contributed by atoms with van der Waals surface area (Å²) in [6.07, 6.45) is 0. The molecule has 0 aromatic heterocycles. The van der Waals surface area contributed by atoms with E-state index in [2.05, 4.69) is 5.32 Å². The largest absolute Gasteiger partial charge is 0.392 e. The Kier molecular flexibility index (Phi) is 4.45. The van der Waals surface area contributed by atoms with Gasteiger partial charge in [0.25, 0.3) is 5.91 Å². The molecule has 2 aromatic carbocycles. The normalized spacial score (nSPS) is 10.1. The minimum absolute atomic E-state index is 0.0192. The van der Waals surface area contributed by atoms with Crippen LogP contribution in [0.1, 0.15) is 21.5 Å². The quantitative estimate of drug-likeness (QED) is 0.752. The molecule has 0 heterocycles. The van der Waals surface area contributed by atoms with Crippen LogP contribution in [0, 0.1) is 0 Å². The first-order chi connectivity index (χ1) is 9.60. The lowest BCUT2D eigenvalue weighted by atomic mass is 10.1. The van der Waals surface area contributed by atoms with E-state index >= 15 is 0 Å². The number of thiocarbonyl (C=S) groups is 1. The molecule has 2 rings (SSSR count). The Morgan fingerprint density at radius 1 is 1.05 bits per heavy atom. The van der Waals surface area contributed by atoms with Crippen molar-refractivity contribution < 1.29 is 9.90 Å². The molecule has 1 amide bonds. The Morgan fingerprint density at radius 3 is 2.10 bits per heavy atom. The Bertz CT molecular complexity index is 621. The summed E-state index contributed by atoms with van der Waals surface area (Å²) >= 11 is 4.86. The highest BCUT2D eigenvalue weighted by molar-refractivity contribution is 7.80. The number of carbonyl (C=O) groups is 1. The van der Waals surface area contributed by atoms with E-state index in [4.69, 9.17) is 23.1 Å². The molecule has 0 saturated carbocycles. The third-order valence-corrected chi connectivity index (χ3v) is 3.06. The highest BCUT2D eigenvalue weighted by Crippen LogP contribution is 2.12. The van der Waals surface area contributed by atoms with Crippen LogP contribution in [0.15, 0.2) is 48.5 Å². The van der Waals surface area contributed by atoms with Gasteiger partial charge in [-0.25, -0.2) is 0 Å². The number of hydrogen-bond acceptors (Lipinski definition) is 3. The lowest BCUT2D eigenvalue weighted by Crippen LogP contribution is -2.13. The number of benzene rings is 2. The van der Waals surface area contributed by atoms with E-state index in [1.165, 1.54) is 0 Å². The van der Waals surface area contributed by atoms with Crippen LogP contribution in [-0.4, -0.2) is 16.0 Å². The summed E-state index contributed by atoms with van der Waals surface area (Å²) in [5.41, 5.74) is 8.22. The van der Waals surface area contributed by atoms with Gasteiger partial charge in [-0.1, -0.05) is 36.5 Å². The number of rotatable bonds is 4. The average Bonchev–Trinajstić information content (AvgIpc) is 2.48. The number of hydrogen-bond donors (Lipinski definition) is 3. The molecule has 102 valence electrons. The molecule has 20 heavy (non-hydrogen) atoms. The summed E-state index contributed by atoms with van der Waals surface area (Å²) in [4.78, 5) is 12.3. The van der Waals surface area contributed by atoms with Crippen LogP contribution in [0.4, 0.5) is 5.69 Å². The van der Waals surface area contributed by atoms with E-state index < -0.39 is 0 Å². The van der Waals surface area contributed by atoms with Gasteiger partial charge in [0.1, 0.15) is 4.99 Å². The number of aliphatic hydroxyl groups excluding tert-OH is 1. The van der Waals surface area contributed by atoms with Crippen molar-refractivity contribution in [2.24, 2.45) is 5.73 Å². The van der Waals surface area contributed by atoms with Crippen molar-refractivity contribution in [2.75, 3.05) is 5.32 Å². The van der Waals surface area contributed by atoms with Gasteiger partial charge < -0.3 is 16.2 Å². The van der Waals surface area contributed by atoms with Gasteiger partial charge in [-0.05, 0) is 29.8 Å². The number of carbonyl (C=O) groups excluding carboxylic acids is 1. The zero-order valence-electron chi connectivity index (χ0n) is 10.7. The number of nitrogens with two attached hydrogens (primary N) is 1. The first kappa shape index (κ1) is 14.2. The molecular weight excluding hydrogens is 272 g/mol. The Balaban J connectivity index is 2.08. The molecule has 0 aliphatic carbocycles. The van der Waals surface area contributed by atoms with Gasteiger partial charge in [0, 0.05) is 16.8 Å². The molecule has 0 unspecified atom stereocenters. The van der Waals surface area contributed by atoms with E-state index in [-0.39, 0.29) is 12.5 Å². The number of amides is 1. The molecule has 4 nitrogen and oxygen atoms in total. The predicted octanol–water partition coefficient (Wildman–Crippen LogP) is 2.07. The average molecular weight is 286 g/mol. The second-order valence-electron chi connectivity index (χ2n) is 4.25. The second-order valence-corrected chi connectivity index (χ2v) is 4.69. The molecule has 0 radical (unpaired) electrons. The van der Waals surface area contributed by atoms with Crippen LogP contribution in [0.25, 0.3) is 0 Å². The SMILES string of the molecule is NC(=S)c1ccc(C(=O)Nc2ccc(CO)cc2)cc1. The van der Waals surface area contributed by atoms with E-state index in [0.29, 0.717) is 16.2 Å². The van der Waals surface area contributed by atoms with Crippen molar-refractivity contribution in [3.8, 4) is 0 Å². The van der Waals surface area contributed by atoms with E-state index in [0.717, 1.165) is 11.1 Å². The van der Waals surface area contributed by atoms with Crippen molar-refractivity contribution in [1.29, 1.82) is 0 Å². The zero-order valence-corrected chi connectivity index (χ0v) is 11.5. The number of anilines is 1. The highest BCUT2D eigenvalue weighted by Gasteiger charge is 2.06. The van der Waals surface area contributed by atoms with Gasteiger partial charge in [0.15, 0.2) is 0 Å². The maximum atomic E-state index is 12.0. The van der Waals surface area contributed by atoms with Crippen LogP contribution < -0.4 is 11.1 Å². The summed E-state index contributed by atoms with van der Waals surface area (Å²) in [6.45, 7) is -0.0192. The fourth-order valence-electron chi connectivity index (χ4n) is 1.68. The summed E-state index contributed by atoms with van der Waals surface area (Å²) in [5.74, 6) is -0.212. The molecule has 0 atom stereocenters. The molecule has 0 spiro atoms. The molecule has 0 bridgehead atoms. The minimum Gasteiger partial charge on any atom is -0.392 e. The standard InChI is InChI=1S/C15H14N2O2S/c16-14(20)11-3-5-12(6-4-11)15(19)17-13-7-1-10(9-18)2-8-13/h1-8,18H,9H2,(H2,16,20)(H,17,19). The number of aliphatic hydroxyl groups is 1. The third-order valence-electron chi connectivity index (χ3n) is 2.83. The fraction of sp³-hybridized carbons (Fsp3) is 0.0667. The van der Waals surface area contributed by atoms with Gasteiger partial charge in [-0.2, -0.15) is 0 Å². The first-order valence-corrected chi connectivity index (χ1v) is 6.42. The lowest BCUT2D eigenvalue weighted by molar-refractivity contribution is 0.102. The summed E-state index contributed by atoms with van der Waals surface area (Å²) in [5, 5.41) is 11.7. The zero-order chi connectivity index (χ0) is 14.5. The Morgan fingerprint density at radius 2 is 1.60 bits per heavy atom. The highest BCUT2D eigenvalue weighted by atomic mass is 32.1. The predicted molar refractivity (Wildman–Crippen MR) is 82.6 cm³/mol. The van der Waals surface area contributed by atoms with Crippen molar-refractivity contribution >= 4 is 28.8 Å². The van der Waals surface area contributed by atoms with Gasteiger partial charge >= 0.3 is 0 Å². The second kappa shape index (κ2) is 6.27. The van der Waals surface area contributed by atoms with Crippen LogP contribution in [-0.2, 0) is 6.61 Å². The molecule has 0 saturated heterocycles. The summed E-state index contributed by atoms with van der Waals surface area (Å²) in [6, 6.07) is 13.8. The fourth-order valence-corrected chi connectivity index (χ4v) is 1.82. The maximum absolute atomic E-state index is 12.0. The maximum Gasteiger partial charge on any atom is 0.255 e. The molecule has 0 aliphatic rings. The van der Waals surface area contributed by atoms with Crippen LogP contribution in [0.5, 0.6) is 0 Å². The number of nitrogens with one attached hydrogen (secondary N) is 1. The van der Waals surface area contributed by atoms with Crippen molar-refractivity contribution in [3.05, 3.63) is 65.2 Å². The van der Waals surface area contributed by atoms with Gasteiger partial charge in [-0.3, -0.25) is 4.79 Å². The molecule has 5 heteroatoms.